The molecule has 0 aromatic heterocycles. The van der Waals surface area contributed by atoms with Crippen LogP contribution in [0.1, 0.15) is 18.4 Å². The van der Waals surface area contributed by atoms with Crippen LogP contribution in [0.4, 0.5) is 0 Å². The molecule has 7 nitrogen and oxygen atoms in total. The average molecular weight is 319 g/mol. The summed E-state index contributed by atoms with van der Waals surface area (Å²) in [5, 5.41) is 12.2. The van der Waals surface area contributed by atoms with Gasteiger partial charge in [-0.05, 0) is 30.5 Å². The summed E-state index contributed by atoms with van der Waals surface area (Å²) < 4.78 is 16.2. The Balaban J connectivity index is 1.43. The molecular formula is C16H17NO6. The maximum absolute atomic E-state index is 12.4. The first-order valence-electron chi connectivity index (χ1n) is 7.68. The summed E-state index contributed by atoms with van der Waals surface area (Å²) in [7, 11) is 0. The van der Waals surface area contributed by atoms with Crippen LogP contribution in [-0.4, -0.2) is 36.0 Å². The van der Waals surface area contributed by atoms with Crippen molar-refractivity contribution >= 4 is 11.9 Å². The molecule has 0 spiro atoms. The Hall–Kier alpha value is -2.28. The van der Waals surface area contributed by atoms with Gasteiger partial charge in [0.2, 0.25) is 12.7 Å². The number of carboxylic acid groups (broad SMARTS) is 1. The standard InChI is InChI=1S/C16H17NO6/c18-15(13-10-3-4-11(23-10)14(13)16(19)20)17-6-8-1-2-9-12(5-8)22-7-21-9/h1-2,5,10-11,13-14H,3-4,6-7H2,(H,17,18)(H,19,20)/t10-,11-,13+,14-/m0/s1. The predicted octanol–water partition coefficient (Wildman–Crippen LogP) is 0.910. The van der Waals surface area contributed by atoms with Gasteiger partial charge in [0.15, 0.2) is 11.5 Å². The summed E-state index contributed by atoms with van der Waals surface area (Å²) in [6.07, 6.45) is 0.848. The van der Waals surface area contributed by atoms with Crippen molar-refractivity contribution in [2.75, 3.05) is 6.79 Å². The van der Waals surface area contributed by atoms with E-state index in [0.29, 0.717) is 24.5 Å². The van der Waals surface area contributed by atoms with Gasteiger partial charge >= 0.3 is 5.97 Å². The Bertz CT molecular complexity index is 660. The zero-order valence-electron chi connectivity index (χ0n) is 12.4. The maximum Gasteiger partial charge on any atom is 0.310 e. The lowest BCUT2D eigenvalue weighted by Gasteiger charge is -2.23. The first kappa shape index (κ1) is 14.3. The number of amides is 1. The van der Waals surface area contributed by atoms with Crippen LogP contribution in [0.5, 0.6) is 11.5 Å². The Morgan fingerprint density at radius 1 is 1.13 bits per heavy atom. The number of benzene rings is 1. The van der Waals surface area contributed by atoms with E-state index in [4.69, 9.17) is 14.2 Å². The third kappa shape index (κ3) is 2.41. The molecule has 4 atom stereocenters. The van der Waals surface area contributed by atoms with E-state index < -0.39 is 17.8 Å². The van der Waals surface area contributed by atoms with Gasteiger partial charge in [-0.2, -0.15) is 0 Å². The molecule has 1 aromatic rings. The van der Waals surface area contributed by atoms with E-state index in [2.05, 4.69) is 5.32 Å². The number of nitrogens with one attached hydrogen (secondary N) is 1. The van der Waals surface area contributed by atoms with Crippen molar-refractivity contribution < 1.29 is 28.9 Å². The molecule has 1 amide bonds. The van der Waals surface area contributed by atoms with Crippen LogP contribution < -0.4 is 14.8 Å². The zero-order chi connectivity index (χ0) is 16.0. The van der Waals surface area contributed by atoms with Crippen LogP contribution in [0.15, 0.2) is 18.2 Å². The van der Waals surface area contributed by atoms with Crippen LogP contribution in [-0.2, 0) is 20.9 Å². The highest BCUT2D eigenvalue weighted by molar-refractivity contribution is 5.86. The SMILES string of the molecule is O=C(O)[C@@H]1[C@H](C(=O)NCc2ccc3c(c2)OCO3)[C@@H]2CC[C@@H]1O2. The molecule has 3 heterocycles. The van der Waals surface area contributed by atoms with E-state index in [1.165, 1.54) is 0 Å². The second kappa shape index (κ2) is 5.42. The van der Waals surface area contributed by atoms with Crippen molar-refractivity contribution in [2.45, 2.75) is 31.6 Å². The van der Waals surface area contributed by atoms with Crippen molar-refractivity contribution in [3.8, 4) is 11.5 Å². The summed E-state index contributed by atoms with van der Waals surface area (Å²) in [6, 6.07) is 5.46. The van der Waals surface area contributed by atoms with Crippen molar-refractivity contribution in [1.82, 2.24) is 5.32 Å². The third-order valence-corrected chi connectivity index (χ3v) is 4.76. The minimum Gasteiger partial charge on any atom is -0.481 e. The van der Waals surface area contributed by atoms with Crippen molar-refractivity contribution in [3.05, 3.63) is 23.8 Å². The lowest BCUT2D eigenvalue weighted by Crippen LogP contribution is -2.43. The first-order chi connectivity index (χ1) is 11.1. The van der Waals surface area contributed by atoms with Crippen LogP contribution in [0.2, 0.25) is 0 Å². The maximum atomic E-state index is 12.4. The minimum atomic E-state index is -0.958. The van der Waals surface area contributed by atoms with Gasteiger partial charge < -0.3 is 24.6 Å². The van der Waals surface area contributed by atoms with E-state index in [1.54, 1.807) is 6.07 Å². The number of rotatable bonds is 4. The topological polar surface area (TPSA) is 94.1 Å². The van der Waals surface area contributed by atoms with Gasteiger partial charge in [0.05, 0.1) is 24.0 Å². The molecule has 0 aliphatic carbocycles. The highest BCUT2D eigenvalue weighted by atomic mass is 16.7. The van der Waals surface area contributed by atoms with E-state index in [9.17, 15) is 14.7 Å². The van der Waals surface area contributed by atoms with Gasteiger partial charge in [-0.3, -0.25) is 9.59 Å². The highest BCUT2D eigenvalue weighted by Gasteiger charge is 2.55. The van der Waals surface area contributed by atoms with Gasteiger partial charge in [0.25, 0.3) is 0 Å². The normalized spacial score (nSPS) is 30.4. The Morgan fingerprint density at radius 3 is 2.65 bits per heavy atom. The fourth-order valence-corrected chi connectivity index (χ4v) is 3.68. The Labute approximate surface area is 132 Å². The molecule has 3 aliphatic heterocycles. The van der Waals surface area contributed by atoms with Gasteiger partial charge in [-0.1, -0.05) is 6.07 Å². The summed E-state index contributed by atoms with van der Waals surface area (Å²) in [5.74, 6) is -1.23. The zero-order valence-corrected chi connectivity index (χ0v) is 12.4. The molecule has 1 aromatic carbocycles. The number of carboxylic acids is 1. The molecule has 0 unspecified atom stereocenters. The Kier molecular flexibility index (Phi) is 3.37. The molecule has 23 heavy (non-hydrogen) atoms. The predicted molar refractivity (Wildman–Crippen MR) is 76.9 cm³/mol. The van der Waals surface area contributed by atoms with Crippen LogP contribution in [0.25, 0.3) is 0 Å². The summed E-state index contributed by atoms with van der Waals surface area (Å²) in [4.78, 5) is 23.9. The Morgan fingerprint density at radius 2 is 1.87 bits per heavy atom. The van der Waals surface area contributed by atoms with E-state index in [0.717, 1.165) is 12.0 Å². The van der Waals surface area contributed by atoms with Crippen molar-refractivity contribution in [3.63, 3.8) is 0 Å². The van der Waals surface area contributed by atoms with E-state index >= 15 is 0 Å². The smallest absolute Gasteiger partial charge is 0.310 e. The highest BCUT2D eigenvalue weighted by Crippen LogP contribution is 2.43. The number of aliphatic carboxylic acids is 1. The molecule has 3 aliphatic rings. The molecule has 122 valence electrons. The fraction of sp³-hybridized carbons (Fsp3) is 0.500. The van der Waals surface area contributed by atoms with Crippen LogP contribution in [0, 0.1) is 11.8 Å². The van der Waals surface area contributed by atoms with Gasteiger partial charge in [0.1, 0.15) is 0 Å². The van der Waals surface area contributed by atoms with Crippen LogP contribution in [0.3, 0.4) is 0 Å². The van der Waals surface area contributed by atoms with E-state index in [1.807, 2.05) is 12.1 Å². The summed E-state index contributed by atoms with van der Waals surface area (Å²) in [5.41, 5.74) is 0.874. The number of ether oxygens (including phenoxy) is 3. The molecule has 2 bridgehead atoms. The number of carbonyl (C=O) groups excluding carboxylic acids is 1. The molecular weight excluding hydrogens is 302 g/mol. The molecule has 2 fully saturated rings. The molecule has 2 N–H and O–H groups in total. The first-order valence-corrected chi connectivity index (χ1v) is 7.68. The van der Waals surface area contributed by atoms with Gasteiger partial charge in [-0.25, -0.2) is 0 Å². The molecule has 7 heteroatoms. The summed E-state index contributed by atoms with van der Waals surface area (Å²) >= 11 is 0. The third-order valence-electron chi connectivity index (χ3n) is 4.76. The van der Waals surface area contributed by atoms with Gasteiger partial charge in [0, 0.05) is 6.54 Å². The van der Waals surface area contributed by atoms with Crippen molar-refractivity contribution in [1.29, 1.82) is 0 Å². The quantitative estimate of drug-likeness (QED) is 0.857. The van der Waals surface area contributed by atoms with Crippen LogP contribution >= 0.6 is 0 Å². The van der Waals surface area contributed by atoms with Gasteiger partial charge in [-0.15, -0.1) is 0 Å². The fourth-order valence-electron chi connectivity index (χ4n) is 3.68. The lowest BCUT2D eigenvalue weighted by molar-refractivity contribution is -0.147. The summed E-state index contributed by atoms with van der Waals surface area (Å²) in [6.45, 7) is 0.517. The second-order valence-electron chi connectivity index (χ2n) is 6.09. The molecule has 0 saturated carbocycles. The number of hydrogen-bond donors (Lipinski definition) is 2. The molecule has 2 saturated heterocycles. The van der Waals surface area contributed by atoms with E-state index in [-0.39, 0.29) is 24.9 Å². The minimum absolute atomic E-state index is 0.202. The molecule has 0 radical (unpaired) electrons. The lowest BCUT2D eigenvalue weighted by atomic mass is 9.78. The monoisotopic (exact) mass is 319 g/mol. The number of carbonyl (C=O) groups is 2. The largest absolute Gasteiger partial charge is 0.481 e. The average Bonchev–Trinajstić information content (AvgIpc) is 3.25. The number of hydrogen-bond acceptors (Lipinski definition) is 5. The molecule has 4 rings (SSSR count). The van der Waals surface area contributed by atoms with Crippen molar-refractivity contribution in [2.24, 2.45) is 11.8 Å². The second-order valence-corrected chi connectivity index (χ2v) is 6.09. The number of fused-ring (bicyclic) bond motifs is 3.